The zero-order chi connectivity index (χ0) is 34.7. The molecule has 1 aromatic heterocycles. The predicted molar refractivity (Wildman–Crippen MR) is 172 cm³/mol. The topological polar surface area (TPSA) is 101 Å². The second-order valence-electron chi connectivity index (χ2n) is 13.9. The Morgan fingerprint density at radius 3 is 2.43 bits per heavy atom. The predicted octanol–water partition coefficient (Wildman–Crippen LogP) is 6.46. The van der Waals surface area contributed by atoms with Crippen LogP contribution in [0.15, 0.2) is 36.4 Å². The smallest absolute Gasteiger partial charge is 0.387 e. The molecule has 1 saturated heterocycles. The molecule has 13 heteroatoms. The van der Waals surface area contributed by atoms with Crippen molar-refractivity contribution in [1.29, 1.82) is 0 Å². The summed E-state index contributed by atoms with van der Waals surface area (Å²) in [6.07, 6.45) is 5.93. The fourth-order valence-electron chi connectivity index (χ4n) is 7.38. The SMILES string of the molecule is CC(=O)N1CC(c2ccc(OC(F)F)c(OC3CCCC3)c2)C[C@@H]1C(=O)NCc1cccc(C(=O)N(CC2CC2)C2CCC(F)(F)CC2)n1. The molecule has 3 saturated carbocycles. The van der Waals surface area contributed by atoms with E-state index in [1.165, 1.54) is 17.9 Å². The highest BCUT2D eigenvalue weighted by Gasteiger charge is 2.41. The molecular weight excluding hydrogens is 644 g/mol. The minimum absolute atomic E-state index is 0.0180. The van der Waals surface area contributed by atoms with Gasteiger partial charge >= 0.3 is 6.61 Å². The second kappa shape index (κ2) is 14.9. The van der Waals surface area contributed by atoms with Gasteiger partial charge in [-0.2, -0.15) is 8.78 Å². The fraction of sp³-hybridized carbons (Fsp3) is 0.611. The summed E-state index contributed by atoms with van der Waals surface area (Å²) < 4.78 is 64.8. The Hall–Kier alpha value is -3.90. The van der Waals surface area contributed by atoms with Gasteiger partial charge < -0.3 is 24.6 Å². The van der Waals surface area contributed by atoms with Crippen molar-refractivity contribution in [3.8, 4) is 11.5 Å². The van der Waals surface area contributed by atoms with Gasteiger partial charge in [0, 0.05) is 44.8 Å². The van der Waals surface area contributed by atoms with E-state index in [1.807, 2.05) is 0 Å². The number of hydrogen-bond donors (Lipinski definition) is 1. The molecule has 6 rings (SSSR count). The molecule has 2 aromatic rings. The van der Waals surface area contributed by atoms with Crippen LogP contribution in [0, 0.1) is 5.92 Å². The molecule has 4 fully saturated rings. The summed E-state index contributed by atoms with van der Waals surface area (Å²) in [5, 5.41) is 2.87. The van der Waals surface area contributed by atoms with Crippen LogP contribution in [0.3, 0.4) is 0 Å². The monoisotopic (exact) mass is 688 g/mol. The fourth-order valence-corrected chi connectivity index (χ4v) is 7.38. The number of carbonyl (C=O) groups excluding carboxylic acids is 3. The van der Waals surface area contributed by atoms with E-state index >= 15 is 0 Å². The molecule has 1 aliphatic heterocycles. The van der Waals surface area contributed by atoms with Crippen LogP contribution in [0.25, 0.3) is 0 Å². The number of carbonyl (C=O) groups is 3. The first kappa shape index (κ1) is 34.9. The van der Waals surface area contributed by atoms with Gasteiger partial charge in [-0.3, -0.25) is 14.4 Å². The number of ether oxygens (including phenoxy) is 2. The van der Waals surface area contributed by atoms with E-state index in [-0.39, 0.29) is 91.8 Å². The first-order valence-electron chi connectivity index (χ1n) is 17.4. The molecule has 1 unspecified atom stereocenters. The lowest BCUT2D eigenvalue weighted by Crippen LogP contribution is -2.45. The Labute approximate surface area is 283 Å². The number of rotatable bonds is 12. The van der Waals surface area contributed by atoms with Crippen LogP contribution in [-0.4, -0.2) is 76.3 Å². The van der Waals surface area contributed by atoms with Crippen molar-refractivity contribution in [2.24, 2.45) is 5.92 Å². The van der Waals surface area contributed by atoms with Crippen LogP contribution in [0.2, 0.25) is 0 Å². The molecule has 49 heavy (non-hydrogen) atoms. The van der Waals surface area contributed by atoms with E-state index in [2.05, 4.69) is 10.3 Å². The van der Waals surface area contributed by atoms with Crippen LogP contribution in [0.4, 0.5) is 17.6 Å². The molecule has 3 amide bonds. The third-order valence-electron chi connectivity index (χ3n) is 10.3. The Bertz CT molecular complexity index is 1510. The number of alkyl halides is 4. The van der Waals surface area contributed by atoms with E-state index in [9.17, 15) is 31.9 Å². The normalized spacial score (nSPS) is 22.7. The standard InChI is InChI=1S/C36H44F4N4O5/c1-22(45)43-21-25(24-11-12-31(49-35(37)38)32(18-24)48-28-6-2-3-7-28)17-30(43)33(46)41-19-26-5-4-8-29(42-26)34(47)44(20-23-9-10-23)27-13-15-36(39,40)16-14-27/h4-5,8,11-12,18,23,25,27-28,30,35H,2-3,6-7,9-10,13-17,19-21H2,1H3,(H,41,46)/t25?,30-/m1/s1. The number of halogens is 4. The largest absolute Gasteiger partial charge is 0.487 e. The highest BCUT2D eigenvalue weighted by Crippen LogP contribution is 2.40. The Morgan fingerprint density at radius 1 is 1.02 bits per heavy atom. The lowest BCUT2D eigenvalue weighted by molar-refractivity contribution is -0.136. The zero-order valence-corrected chi connectivity index (χ0v) is 27.7. The van der Waals surface area contributed by atoms with E-state index in [0.29, 0.717) is 24.6 Å². The third kappa shape index (κ3) is 8.83. The van der Waals surface area contributed by atoms with Gasteiger partial charge in [-0.15, -0.1) is 0 Å². The number of benzene rings is 1. The van der Waals surface area contributed by atoms with Gasteiger partial charge in [0.15, 0.2) is 11.5 Å². The summed E-state index contributed by atoms with van der Waals surface area (Å²) in [5.41, 5.74) is 1.40. The average molecular weight is 689 g/mol. The minimum Gasteiger partial charge on any atom is -0.487 e. The molecule has 1 N–H and O–H groups in total. The van der Waals surface area contributed by atoms with Crippen LogP contribution in [-0.2, 0) is 16.1 Å². The minimum atomic E-state index is -3.01. The van der Waals surface area contributed by atoms with E-state index in [4.69, 9.17) is 9.47 Å². The number of hydrogen-bond acceptors (Lipinski definition) is 6. The van der Waals surface area contributed by atoms with Crippen molar-refractivity contribution >= 4 is 17.7 Å². The maximum Gasteiger partial charge on any atom is 0.387 e. The molecule has 4 aliphatic rings. The van der Waals surface area contributed by atoms with Gasteiger partial charge in [-0.1, -0.05) is 12.1 Å². The highest BCUT2D eigenvalue weighted by atomic mass is 19.3. The van der Waals surface area contributed by atoms with Crippen LogP contribution < -0.4 is 14.8 Å². The Morgan fingerprint density at radius 2 is 1.76 bits per heavy atom. The number of pyridine rings is 1. The summed E-state index contributed by atoms with van der Waals surface area (Å²) in [6.45, 7) is -0.805. The van der Waals surface area contributed by atoms with Gasteiger partial charge in [-0.05, 0) is 93.5 Å². The molecule has 2 atom stereocenters. The highest BCUT2D eigenvalue weighted by molar-refractivity contribution is 5.92. The molecule has 0 spiro atoms. The van der Waals surface area contributed by atoms with Crippen molar-refractivity contribution in [1.82, 2.24) is 20.1 Å². The third-order valence-corrected chi connectivity index (χ3v) is 10.3. The number of aromatic nitrogens is 1. The van der Waals surface area contributed by atoms with Gasteiger partial charge in [0.05, 0.1) is 18.3 Å². The van der Waals surface area contributed by atoms with Crippen molar-refractivity contribution < 1.29 is 41.4 Å². The summed E-state index contributed by atoms with van der Waals surface area (Å²) >= 11 is 0. The lowest BCUT2D eigenvalue weighted by Gasteiger charge is -2.37. The van der Waals surface area contributed by atoms with Crippen LogP contribution in [0.5, 0.6) is 11.5 Å². The van der Waals surface area contributed by atoms with Gasteiger partial charge in [-0.25, -0.2) is 13.8 Å². The quantitative estimate of drug-likeness (QED) is 0.257. The number of nitrogens with zero attached hydrogens (tertiary/aromatic N) is 3. The first-order chi connectivity index (χ1) is 23.5. The number of likely N-dealkylation sites (tertiary alicyclic amines) is 1. The lowest BCUT2D eigenvalue weighted by atomic mass is 9.90. The average Bonchev–Trinajstić information content (AvgIpc) is 3.53. The molecule has 3 aliphatic carbocycles. The summed E-state index contributed by atoms with van der Waals surface area (Å²) in [7, 11) is 0. The maximum absolute atomic E-state index is 13.9. The molecule has 2 heterocycles. The van der Waals surface area contributed by atoms with Crippen molar-refractivity contribution in [3.63, 3.8) is 0 Å². The van der Waals surface area contributed by atoms with E-state index < -0.39 is 18.6 Å². The van der Waals surface area contributed by atoms with Gasteiger partial charge in [0.25, 0.3) is 5.91 Å². The van der Waals surface area contributed by atoms with Crippen LogP contribution >= 0.6 is 0 Å². The van der Waals surface area contributed by atoms with Crippen molar-refractivity contribution in [2.45, 2.75) is 121 Å². The van der Waals surface area contributed by atoms with Gasteiger partial charge in [0.2, 0.25) is 17.7 Å². The van der Waals surface area contributed by atoms with E-state index in [0.717, 1.165) is 44.1 Å². The molecule has 9 nitrogen and oxygen atoms in total. The van der Waals surface area contributed by atoms with Crippen molar-refractivity contribution in [2.75, 3.05) is 13.1 Å². The summed E-state index contributed by atoms with van der Waals surface area (Å²) in [6, 6.07) is 8.74. The molecule has 0 radical (unpaired) electrons. The Balaban J connectivity index is 1.11. The summed E-state index contributed by atoms with van der Waals surface area (Å²) in [4.78, 5) is 47.5. The molecule has 0 bridgehead atoms. The van der Waals surface area contributed by atoms with E-state index in [1.54, 1.807) is 35.2 Å². The van der Waals surface area contributed by atoms with Crippen molar-refractivity contribution in [3.05, 3.63) is 53.3 Å². The van der Waals surface area contributed by atoms with Crippen LogP contribution in [0.1, 0.15) is 105 Å². The second-order valence-corrected chi connectivity index (χ2v) is 13.9. The molecular formula is C36H44F4N4O5. The molecule has 266 valence electrons. The number of amides is 3. The molecule has 1 aromatic carbocycles. The van der Waals surface area contributed by atoms with Gasteiger partial charge in [0.1, 0.15) is 11.7 Å². The zero-order valence-electron chi connectivity index (χ0n) is 27.7. The maximum atomic E-state index is 13.9. The number of nitrogens with one attached hydrogen (secondary N) is 1. The Kier molecular flexibility index (Phi) is 10.6. The first-order valence-corrected chi connectivity index (χ1v) is 17.4. The summed E-state index contributed by atoms with van der Waals surface area (Å²) in [5.74, 6) is -3.33.